The molecule has 1 unspecified atom stereocenters. The summed E-state index contributed by atoms with van der Waals surface area (Å²) in [6, 6.07) is 4.07. The van der Waals surface area contributed by atoms with Crippen molar-refractivity contribution in [3.05, 3.63) is 46.8 Å². The zero-order valence-electron chi connectivity index (χ0n) is 12.9. The molecule has 2 N–H and O–H groups in total. The second-order valence-electron chi connectivity index (χ2n) is 5.51. The van der Waals surface area contributed by atoms with Crippen LogP contribution in [0.5, 0.6) is 5.75 Å². The predicted octanol–water partition coefficient (Wildman–Crippen LogP) is 1.22. The number of hydrogen-bond donors (Lipinski definition) is 2. The van der Waals surface area contributed by atoms with Gasteiger partial charge >= 0.3 is 5.97 Å². The van der Waals surface area contributed by atoms with Crippen LogP contribution >= 0.6 is 0 Å². The Hall–Kier alpha value is -2.83. The van der Waals surface area contributed by atoms with Crippen LogP contribution in [-0.4, -0.2) is 33.4 Å². The number of benzene rings is 1. The second-order valence-corrected chi connectivity index (χ2v) is 5.51. The molecular weight excluding hydrogens is 298 g/mol. The van der Waals surface area contributed by atoms with Crippen LogP contribution in [0.15, 0.2) is 24.4 Å². The first kappa shape index (κ1) is 15.1. The molecule has 0 fully saturated rings. The van der Waals surface area contributed by atoms with Gasteiger partial charge in [0.2, 0.25) is 0 Å². The van der Waals surface area contributed by atoms with Crippen LogP contribution in [0, 0.1) is 6.92 Å². The van der Waals surface area contributed by atoms with Crippen molar-refractivity contribution in [3.63, 3.8) is 0 Å². The van der Waals surface area contributed by atoms with Gasteiger partial charge in [0.15, 0.2) is 6.04 Å². The van der Waals surface area contributed by atoms with E-state index in [2.05, 4.69) is 10.4 Å². The fourth-order valence-corrected chi connectivity index (χ4v) is 2.71. The third kappa shape index (κ3) is 2.90. The van der Waals surface area contributed by atoms with Crippen LogP contribution in [0.3, 0.4) is 0 Å². The number of carboxylic acid groups (broad SMARTS) is 1. The highest BCUT2D eigenvalue weighted by Gasteiger charge is 2.26. The first-order chi connectivity index (χ1) is 11.0. The van der Waals surface area contributed by atoms with Crippen LogP contribution in [0.2, 0.25) is 0 Å². The molecule has 2 heterocycles. The Balaban J connectivity index is 1.86. The monoisotopic (exact) mass is 315 g/mol. The highest BCUT2D eigenvalue weighted by atomic mass is 16.5. The van der Waals surface area contributed by atoms with Gasteiger partial charge in [0.1, 0.15) is 5.75 Å². The number of hydrogen-bond acceptors (Lipinski definition) is 4. The summed E-state index contributed by atoms with van der Waals surface area (Å²) in [4.78, 5) is 23.9. The molecule has 0 radical (unpaired) electrons. The van der Waals surface area contributed by atoms with E-state index in [1.807, 2.05) is 0 Å². The van der Waals surface area contributed by atoms with Crippen molar-refractivity contribution in [2.24, 2.45) is 7.05 Å². The first-order valence-corrected chi connectivity index (χ1v) is 7.25. The summed E-state index contributed by atoms with van der Waals surface area (Å²) in [5.41, 5.74) is 2.40. The quantitative estimate of drug-likeness (QED) is 0.885. The van der Waals surface area contributed by atoms with Crippen LogP contribution in [0.25, 0.3) is 0 Å². The summed E-state index contributed by atoms with van der Waals surface area (Å²) < 4.78 is 6.94. The average molecular weight is 315 g/mol. The molecule has 1 aromatic carbocycles. The van der Waals surface area contributed by atoms with Crippen molar-refractivity contribution >= 4 is 11.9 Å². The smallest absolute Gasteiger partial charge is 0.330 e. The minimum absolute atomic E-state index is 0.364. The standard InChI is InChI=1S/C16H17N3O4/c1-9-12(8-19(2)18-9)15(20)17-14(16(21)22)11-3-4-13-10(7-11)5-6-23-13/h3-4,7-8,14H,5-6H2,1-2H3,(H,17,20)(H,21,22). The summed E-state index contributed by atoms with van der Waals surface area (Å²) in [7, 11) is 1.71. The Morgan fingerprint density at radius 3 is 2.87 bits per heavy atom. The minimum atomic E-state index is -1.12. The molecule has 1 amide bonds. The van der Waals surface area contributed by atoms with Crippen molar-refractivity contribution in [3.8, 4) is 5.75 Å². The molecule has 1 atom stereocenters. The van der Waals surface area contributed by atoms with Crippen molar-refractivity contribution < 1.29 is 19.4 Å². The molecule has 1 aromatic heterocycles. The number of carbonyl (C=O) groups excluding carboxylic acids is 1. The van der Waals surface area contributed by atoms with E-state index in [0.717, 1.165) is 17.7 Å². The van der Waals surface area contributed by atoms with Crippen molar-refractivity contribution in [1.29, 1.82) is 0 Å². The maximum atomic E-state index is 12.3. The lowest BCUT2D eigenvalue weighted by Gasteiger charge is -2.15. The fourth-order valence-electron chi connectivity index (χ4n) is 2.71. The number of ether oxygens (including phenoxy) is 1. The molecule has 0 saturated heterocycles. The summed E-state index contributed by atoms with van der Waals surface area (Å²) >= 11 is 0. The number of carboxylic acids is 1. The zero-order valence-corrected chi connectivity index (χ0v) is 12.9. The van der Waals surface area contributed by atoms with E-state index in [1.54, 1.807) is 38.4 Å². The van der Waals surface area contributed by atoms with Crippen LogP contribution < -0.4 is 10.1 Å². The number of nitrogens with one attached hydrogen (secondary N) is 1. The van der Waals surface area contributed by atoms with Crippen molar-refractivity contribution in [2.45, 2.75) is 19.4 Å². The van der Waals surface area contributed by atoms with Gasteiger partial charge in [0.25, 0.3) is 5.91 Å². The lowest BCUT2D eigenvalue weighted by atomic mass is 10.0. The van der Waals surface area contributed by atoms with Gasteiger partial charge in [-0.05, 0) is 30.2 Å². The molecular formula is C16H17N3O4. The topological polar surface area (TPSA) is 93.5 Å². The second kappa shape index (κ2) is 5.75. The number of aromatic nitrogens is 2. The lowest BCUT2D eigenvalue weighted by Crippen LogP contribution is -2.34. The number of aliphatic carboxylic acids is 1. The van der Waals surface area contributed by atoms with Crippen LogP contribution in [0.4, 0.5) is 0 Å². The number of rotatable bonds is 4. The number of carbonyl (C=O) groups is 2. The molecule has 0 spiro atoms. The average Bonchev–Trinajstić information content (AvgIpc) is 3.09. The largest absolute Gasteiger partial charge is 0.493 e. The lowest BCUT2D eigenvalue weighted by molar-refractivity contribution is -0.139. The van der Waals surface area contributed by atoms with E-state index in [-0.39, 0.29) is 0 Å². The molecule has 7 nitrogen and oxygen atoms in total. The minimum Gasteiger partial charge on any atom is -0.493 e. The van der Waals surface area contributed by atoms with E-state index in [4.69, 9.17) is 4.74 Å². The Morgan fingerprint density at radius 2 is 2.22 bits per heavy atom. The highest BCUT2D eigenvalue weighted by molar-refractivity contribution is 5.97. The molecule has 0 saturated carbocycles. The molecule has 1 aliphatic heterocycles. The summed E-state index contributed by atoms with van der Waals surface area (Å²) in [5.74, 6) is -0.800. The predicted molar refractivity (Wildman–Crippen MR) is 81.4 cm³/mol. The first-order valence-electron chi connectivity index (χ1n) is 7.25. The molecule has 0 bridgehead atoms. The fraction of sp³-hybridized carbons (Fsp3) is 0.312. The number of nitrogens with zero attached hydrogens (tertiary/aromatic N) is 2. The Morgan fingerprint density at radius 1 is 1.43 bits per heavy atom. The van der Waals surface area contributed by atoms with Crippen molar-refractivity contribution in [2.75, 3.05) is 6.61 Å². The van der Waals surface area contributed by atoms with Crippen molar-refractivity contribution in [1.82, 2.24) is 15.1 Å². The van der Waals surface area contributed by atoms with Crippen LogP contribution in [-0.2, 0) is 18.3 Å². The summed E-state index contributed by atoms with van der Waals surface area (Å²) in [5, 5.41) is 16.1. The zero-order chi connectivity index (χ0) is 16.6. The summed E-state index contributed by atoms with van der Waals surface area (Å²) in [6.07, 6.45) is 2.31. The number of fused-ring (bicyclic) bond motifs is 1. The van der Waals surface area contributed by atoms with Gasteiger partial charge in [0, 0.05) is 19.7 Å². The highest BCUT2D eigenvalue weighted by Crippen LogP contribution is 2.28. The SMILES string of the molecule is Cc1nn(C)cc1C(=O)NC(C(=O)O)c1ccc2c(c1)CCO2. The van der Waals surface area contributed by atoms with Gasteiger partial charge in [-0.25, -0.2) is 4.79 Å². The molecule has 1 aliphatic rings. The number of aryl methyl sites for hydroxylation is 2. The van der Waals surface area contributed by atoms with Gasteiger partial charge in [-0.2, -0.15) is 5.10 Å². The molecule has 0 aliphatic carbocycles. The van der Waals surface area contributed by atoms with E-state index >= 15 is 0 Å². The third-order valence-corrected chi connectivity index (χ3v) is 3.83. The molecule has 23 heavy (non-hydrogen) atoms. The normalized spacial score (nSPS) is 14.0. The third-order valence-electron chi connectivity index (χ3n) is 3.83. The van der Waals surface area contributed by atoms with E-state index in [9.17, 15) is 14.7 Å². The maximum Gasteiger partial charge on any atom is 0.330 e. The van der Waals surface area contributed by atoms with Gasteiger partial charge in [-0.1, -0.05) is 6.07 Å². The molecule has 2 aromatic rings. The van der Waals surface area contributed by atoms with E-state index < -0.39 is 17.9 Å². The Bertz CT molecular complexity index is 782. The van der Waals surface area contributed by atoms with Gasteiger partial charge in [-0.3, -0.25) is 9.48 Å². The Labute approximate surface area is 132 Å². The van der Waals surface area contributed by atoms with Crippen LogP contribution in [0.1, 0.15) is 33.2 Å². The van der Waals surface area contributed by atoms with E-state index in [0.29, 0.717) is 23.4 Å². The number of amides is 1. The maximum absolute atomic E-state index is 12.3. The Kier molecular flexibility index (Phi) is 3.77. The molecule has 7 heteroatoms. The molecule has 3 rings (SSSR count). The van der Waals surface area contributed by atoms with Gasteiger partial charge in [-0.15, -0.1) is 0 Å². The summed E-state index contributed by atoms with van der Waals surface area (Å²) in [6.45, 7) is 2.30. The van der Waals surface area contributed by atoms with Gasteiger partial charge < -0.3 is 15.2 Å². The molecule has 120 valence electrons. The van der Waals surface area contributed by atoms with E-state index in [1.165, 1.54) is 4.68 Å². The van der Waals surface area contributed by atoms with Gasteiger partial charge in [0.05, 0.1) is 17.9 Å².